The van der Waals surface area contributed by atoms with Crippen LogP contribution in [-0.2, 0) is 9.53 Å². The van der Waals surface area contributed by atoms with Crippen LogP contribution in [0.3, 0.4) is 0 Å². The lowest BCUT2D eigenvalue weighted by molar-refractivity contribution is -0.146. The average molecular weight is 476 g/mol. The Morgan fingerprint density at radius 2 is 1.96 bits per heavy atom. The minimum atomic E-state index is -0.665. The molecule has 1 aliphatic carbocycles. The monoisotopic (exact) mass is 476 g/mol. The molecular weight excluding hydrogens is 443 g/mol. The lowest BCUT2D eigenvalue weighted by Gasteiger charge is -2.46. The van der Waals surface area contributed by atoms with E-state index < -0.39 is 5.72 Å². The van der Waals surface area contributed by atoms with Crippen molar-refractivity contribution in [2.75, 3.05) is 11.0 Å². The van der Waals surface area contributed by atoms with Crippen molar-refractivity contribution < 1.29 is 14.3 Å². The van der Waals surface area contributed by atoms with Gasteiger partial charge in [0, 0.05) is 9.84 Å². The summed E-state index contributed by atoms with van der Waals surface area (Å²) < 4.78 is 6.79. The molecule has 1 saturated carbocycles. The van der Waals surface area contributed by atoms with Crippen LogP contribution in [0, 0.1) is 11.3 Å². The number of hydrogen-bond donors (Lipinski definition) is 0. The highest BCUT2D eigenvalue weighted by molar-refractivity contribution is 14.1. The maximum atomic E-state index is 13.7. The van der Waals surface area contributed by atoms with Gasteiger partial charge in [0.25, 0.3) is 0 Å². The van der Waals surface area contributed by atoms with Gasteiger partial charge in [0.15, 0.2) is 0 Å². The molecule has 3 amide bonds. The molecular formula is C20H33IN2O3. The standard InChI is InChI=1S/C20H33IN2O3/c1-5-14(2)16-13-26-19(3,4)23(16)18(25)22-15(12-21)8-11-20(17(22)24)9-6-7-10-20/h14-16H,5-13H2,1-4H3/t14?,15-,16-/m1/s1. The Bertz CT molecular complexity index is 559. The summed E-state index contributed by atoms with van der Waals surface area (Å²) in [5, 5.41) is 0. The molecule has 0 bridgehead atoms. The van der Waals surface area contributed by atoms with E-state index in [2.05, 4.69) is 36.4 Å². The molecule has 26 heavy (non-hydrogen) atoms. The smallest absolute Gasteiger partial charge is 0.329 e. The number of likely N-dealkylation sites (tertiary alicyclic amines) is 1. The Morgan fingerprint density at radius 3 is 2.54 bits per heavy atom. The predicted octanol–water partition coefficient (Wildman–Crippen LogP) is 4.58. The van der Waals surface area contributed by atoms with Gasteiger partial charge in [0.1, 0.15) is 5.72 Å². The fourth-order valence-corrected chi connectivity index (χ4v) is 5.85. The number of urea groups is 1. The van der Waals surface area contributed by atoms with Gasteiger partial charge < -0.3 is 4.74 Å². The van der Waals surface area contributed by atoms with Crippen molar-refractivity contribution in [1.82, 2.24) is 9.80 Å². The number of ether oxygens (including phenoxy) is 1. The molecule has 6 heteroatoms. The van der Waals surface area contributed by atoms with Crippen LogP contribution in [0.5, 0.6) is 0 Å². The van der Waals surface area contributed by atoms with Crippen molar-refractivity contribution >= 4 is 34.5 Å². The first-order valence-corrected chi connectivity index (χ1v) is 11.7. The van der Waals surface area contributed by atoms with Gasteiger partial charge in [0.2, 0.25) is 5.91 Å². The van der Waals surface area contributed by atoms with E-state index in [0.717, 1.165) is 49.4 Å². The average Bonchev–Trinajstić information content (AvgIpc) is 3.21. The summed E-state index contributed by atoms with van der Waals surface area (Å²) in [6.07, 6.45) is 6.96. The van der Waals surface area contributed by atoms with Crippen LogP contribution in [0.25, 0.3) is 0 Å². The fourth-order valence-electron chi connectivity index (χ4n) is 5.02. The van der Waals surface area contributed by atoms with Gasteiger partial charge in [-0.25, -0.2) is 4.79 Å². The number of hydrogen-bond acceptors (Lipinski definition) is 3. The molecule has 0 aromatic carbocycles. The Balaban J connectivity index is 1.92. The summed E-state index contributed by atoms with van der Waals surface area (Å²) in [4.78, 5) is 30.7. The predicted molar refractivity (Wildman–Crippen MR) is 110 cm³/mol. The maximum Gasteiger partial charge on any atom is 0.329 e. The van der Waals surface area contributed by atoms with Crippen molar-refractivity contribution in [2.24, 2.45) is 11.3 Å². The van der Waals surface area contributed by atoms with Gasteiger partial charge in [-0.1, -0.05) is 55.7 Å². The Labute approximate surface area is 171 Å². The molecule has 3 atom stereocenters. The van der Waals surface area contributed by atoms with Crippen LogP contribution in [0.1, 0.15) is 72.6 Å². The van der Waals surface area contributed by atoms with Crippen LogP contribution in [0.15, 0.2) is 0 Å². The van der Waals surface area contributed by atoms with Crippen molar-refractivity contribution in [3.8, 4) is 0 Å². The highest BCUT2D eigenvalue weighted by Gasteiger charge is 2.54. The van der Waals surface area contributed by atoms with Crippen LogP contribution in [0.4, 0.5) is 4.79 Å². The van der Waals surface area contributed by atoms with Crippen LogP contribution in [-0.4, -0.2) is 50.6 Å². The second-order valence-electron chi connectivity index (χ2n) is 8.87. The SMILES string of the molecule is CCC(C)[C@H]1COC(C)(C)N1C(=O)N1C(=O)C2(CCCC2)CC[C@@H]1CI. The lowest BCUT2D eigenvalue weighted by Crippen LogP contribution is -2.63. The molecule has 3 rings (SSSR count). The molecule has 148 valence electrons. The van der Waals surface area contributed by atoms with Crippen molar-refractivity contribution in [3.63, 3.8) is 0 Å². The first-order valence-electron chi connectivity index (χ1n) is 10.1. The quantitative estimate of drug-likeness (QED) is 0.443. The first-order chi connectivity index (χ1) is 12.3. The van der Waals surface area contributed by atoms with Gasteiger partial charge in [-0.2, -0.15) is 0 Å². The lowest BCUT2D eigenvalue weighted by atomic mass is 9.75. The van der Waals surface area contributed by atoms with E-state index in [1.165, 1.54) is 0 Å². The molecule has 2 heterocycles. The fraction of sp³-hybridized carbons (Fsp3) is 0.900. The number of amides is 3. The van der Waals surface area contributed by atoms with E-state index in [9.17, 15) is 9.59 Å². The third-order valence-corrected chi connectivity index (χ3v) is 7.98. The normalized spacial score (nSPS) is 31.7. The number of rotatable bonds is 3. The molecule has 0 N–H and O–H groups in total. The molecule has 1 unspecified atom stereocenters. The van der Waals surface area contributed by atoms with Gasteiger partial charge >= 0.3 is 6.03 Å². The highest BCUT2D eigenvalue weighted by Crippen LogP contribution is 2.48. The summed E-state index contributed by atoms with van der Waals surface area (Å²) in [7, 11) is 0. The van der Waals surface area contributed by atoms with Crippen LogP contribution < -0.4 is 0 Å². The van der Waals surface area contributed by atoms with Crippen molar-refractivity contribution in [3.05, 3.63) is 0 Å². The van der Waals surface area contributed by atoms with E-state index in [4.69, 9.17) is 4.74 Å². The summed E-state index contributed by atoms with van der Waals surface area (Å²) in [6.45, 7) is 8.77. The topological polar surface area (TPSA) is 49.9 Å². The molecule has 0 aromatic heterocycles. The maximum absolute atomic E-state index is 13.7. The minimum Gasteiger partial charge on any atom is -0.354 e. The molecule has 0 radical (unpaired) electrons. The number of carbonyl (C=O) groups excluding carboxylic acids is 2. The zero-order valence-electron chi connectivity index (χ0n) is 16.6. The number of carbonyl (C=O) groups is 2. The van der Waals surface area contributed by atoms with E-state index in [0.29, 0.717) is 12.5 Å². The van der Waals surface area contributed by atoms with Crippen molar-refractivity contribution in [2.45, 2.75) is 90.4 Å². The Hall–Kier alpha value is -0.370. The Kier molecular flexibility index (Phi) is 5.93. The van der Waals surface area contributed by atoms with Gasteiger partial charge in [-0.05, 0) is 45.4 Å². The molecule has 3 aliphatic rings. The number of piperidine rings is 1. The highest BCUT2D eigenvalue weighted by atomic mass is 127. The number of halogens is 1. The van der Waals surface area contributed by atoms with E-state index in [-0.39, 0.29) is 29.4 Å². The van der Waals surface area contributed by atoms with Gasteiger partial charge in [0.05, 0.1) is 18.7 Å². The summed E-state index contributed by atoms with van der Waals surface area (Å²) in [5.74, 6) is 0.428. The number of alkyl halides is 1. The largest absolute Gasteiger partial charge is 0.354 e. The van der Waals surface area contributed by atoms with Gasteiger partial charge in [-0.15, -0.1) is 0 Å². The van der Waals surface area contributed by atoms with E-state index in [1.54, 1.807) is 4.90 Å². The molecule has 2 aliphatic heterocycles. The molecule has 5 nitrogen and oxygen atoms in total. The van der Waals surface area contributed by atoms with Gasteiger partial charge in [-0.3, -0.25) is 14.6 Å². The first kappa shape index (κ1) is 20.4. The second kappa shape index (κ2) is 7.57. The summed E-state index contributed by atoms with van der Waals surface area (Å²) in [5.41, 5.74) is -0.948. The number of nitrogens with zero attached hydrogens (tertiary/aromatic N) is 2. The molecule has 3 fully saturated rings. The van der Waals surface area contributed by atoms with E-state index in [1.807, 2.05) is 18.7 Å². The molecule has 1 spiro atoms. The third kappa shape index (κ3) is 3.29. The molecule has 2 saturated heterocycles. The van der Waals surface area contributed by atoms with Crippen LogP contribution >= 0.6 is 22.6 Å². The summed E-state index contributed by atoms with van der Waals surface area (Å²) in [6, 6.07) is -0.0853. The zero-order valence-corrected chi connectivity index (χ0v) is 18.8. The zero-order chi connectivity index (χ0) is 19.1. The third-order valence-electron chi connectivity index (χ3n) is 6.96. The number of imide groups is 1. The Morgan fingerprint density at radius 1 is 1.31 bits per heavy atom. The second-order valence-corrected chi connectivity index (χ2v) is 9.75. The minimum absolute atomic E-state index is 0.0100. The molecule has 0 aromatic rings. The summed E-state index contributed by atoms with van der Waals surface area (Å²) >= 11 is 2.32. The van der Waals surface area contributed by atoms with Crippen molar-refractivity contribution in [1.29, 1.82) is 0 Å². The van der Waals surface area contributed by atoms with Crippen LogP contribution in [0.2, 0.25) is 0 Å². The van der Waals surface area contributed by atoms with E-state index >= 15 is 0 Å².